The van der Waals surface area contributed by atoms with Crippen molar-refractivity contribution in [2.24, 2.45) is 0 Å². The number of hydrogen-bond donors (Lipinski definition) is 0. The van der Waals surface area contributed by atoms with Crippen molar-refractivity contribution >= 4 is 21.7 Å². The maximum Gasteiger partial charge on any atom is 0.326 e. The Morgan fingerprint density at radius 3 is 2.19 bits per heavy atom. The summed E-state index contributed by atoms with van der Waals surface area (Å²) in [6.45, 7) is 7.64. The standard InChI is InChI=1S/C20H25NO5S/c1-5-25-18-9-11-19(12-10-18)27(23,24)21(14-20(22)26-6-2)17-8-7-15(3)16(4)13-17/h7-13H,5-6,14H2,1-4H3. The first-order chi connectivity index (χ1) is 12.8. The SMILES string of the molecule is CCOC(=O)CN(c1ccc(C)c(C)c1)S(=O)(=O)c1ccc(OCC)cc1. The lowest BCUT2D eigenvalue weighted by Crippen LogP contribution is -2.36. The van der Waals surface area contributed by atoms with Crippen molar-refractivity contribution in [2.45, 2.75) is 32.6 Å². The van der Waals surface area contributed by atoms with Gasteiger partial charge < -0.3 is 9.47 Å². The maximum absolute atomic E-state index is 13.2. The number of ether oxygens (including phenoxy) is 2. The van der Waals surface area contributed by atoms with Crippen molar-refractivity contribution in [3.63, 3.8) is 0 Å². The number of anilines is 1. The van der Waals surface area contributed by atoms with Crippen molar-refractivity contribution in [1.29, 1.82) is 0 Å². The second-order valence-corrected chi connectivity index (χ2v) is 7.85. The summed E-state index contributed by atoms with van der Waals surface area (Å²) in [4.78, 5) is 12.1. The van der Waals surface area contributed by atoms with Crippen molar-refractivity contribution in [3.8, 4) is 5.75 Å². The van der Waals surface area contributed by atoms with Crippen molar-refractivity contribution in [1.82, 2.24) is 0 Å². The van der Waals surface area contributed by atoms with E-state index in [0.29, 0.717) is 18.0 Å². The van der Waals surface area contributed by atoms with Crippen LogP contribution in [-0.4, -0.2) is 34.1 Å². The number of nitrogens with zero attached hydrogens (tertiary/aromatic N) is 1. The second-order valence-electron chi connectivity index (χ2n) is 5.99. The minimum Gasteiger partial charge on any atom is -0.494 e. The highest BCUT2D eigenvalue weighted by molar-refractivity contribution is 7.92. The molecular formula is C20H25NO5S. The Morgan fingerprint density at radius 1 is 0.963 bits per heavy atom. The quantitative estimate of drug-likeness (QED) is 0.645. The molecule has 0 N–H and O–H groups in total. The van der Waals surface area contributed by atoms with Gasteiger partial charge in [0.25, 0.3) is 10.0 Å². The number of sulfonamides is 1. The molecule has 0 fully saturated rings. The number of benzene rings is 2. The zero-order chi connectivity index (χ0) is 20.0. The van der Waals surface area contributed by atoms with Gasteiger partial charge in [0.1, 0.15) is 12.3 Å². The first-order valence-corrected chi connectivity index (χ1v) is 10.2. The molecule has 0 spiro atoms. The Balaban J connectivity index is 2.46. The fourth-order valence-electron chi connectivity index (χ4n) is 2.52. The van der Waals surface area contributed by atoms with Crippen LogP contribution in [0.4, 0.5) is 5.69 Å². The molecule has 0 heterocycles. The summed E-state index contributed by atoms with van der Waals surface area (Å²) in [7, 11) is -3.95. The topological polar surface area (TPSA) is 72.9 Å². The van der Waals surface area contributed by atoms with E-state index in [2.05, 4.69) is 0 Å². The van der Waals surface area contributed by atoms with Gasteiger partial charge in [-0.05, 0) is 75.2 Å². The minimum absolute atomic E-state index is 0.0773. The average Bonchev–Trinajstić information content (AvgIpc) is 2.63. The molecule has 2 aromatic carbocycles. The zero-order valence-corrected chi connectivity index (χ0v) is 16.9. The second kappa shape index (κ2) is 8.90. The molecule has 0 bridgehead atoms. The predicted molar refractivity (Wildman–Crippen MR) is 105 cm³/mol. The summed E-state index contributed by atoms with van der Waals surface area (Å²) in [5.74, 6) is -0.0233. The molecule has 0 unspecified atom stereocenters. The fraction of sp³-hybridized carbons (Fsp3) is 0.350. The van der Waals surface area contributed by atoms with Crippen LogP contribution in [0, 0.1) is 13.8 Å². The van der Waals surface area contributed by atoms with Crippen molar-refractivity contribution < 1.29 is 22.7 Å². The summed E-state index contributed by atoms with van der Waals surface area (Å²) in [5, 5.41) is 0. The van der Waals surface area contributed by atoms with Gasteiger partial charge in [-0.1, -0.05) is 6.07 Å². The molecule has 0 aliphatic rings. The lowest BCUT2D eigenvalue weighted by Gasteiger charge is -2.24. The normalized spacial score (nSPS) is 11.1. The summed E-state index contributed by atoms with van der Waals surface area (Å²) in [6, 6.07) is 11.4. The Bertz CT molecular complexity index is 891. The first-order valence-electron chi connectivity index (χ1n) is 8.78. The number of aryl methyl sites for hydroxylation is 2. The Labute approximate surface area is 160 Å². The Kier molecular flexibility index (Phi) is 6.85. The molecule has 0 saturated carbocycles. The van der Waals surface area contributed by atoms with Gasteiger partial charge in [-0.3, -0.25) is 9.10 Å². The van der Waals surface area contributed by atoms with Crippen LogP contribution in [0.5, 0.6) is 5.75 Å². The van der Waals surface area contributed by atoms with E-state index in [-0.39, 0.29) is 11.5 Å². The molecule has 0 aliphatic carbocycles. The molecule has 0 radical (unpaired) electrons. The first kappa shape index (κ1) is 20.8. The molecule has 27 heavy (non-hydrogen) atoms. The Morgan fingerprint density at radius 2 is 1.63 bits per heavy atom. The fourth-order valence-corrected chi connectivity index (χ4v) is 3.92. The van der Waals surface area contributed by atoms with Gasteiger partial charge in [-0.2, -0.15) is 0 Å². The van der Waals surface area contributed by atoms with E-state index in [1.54, 1.807) is 31.2 Å². The molecule has 0 aromatic heterocycles. The molecule has 0 amide bonds. The predicted octanol–water partition coefficient (Wildman–Crippen LogP) is 3.46. The van der Waals surface area contributed by atoms with Gasteiger partial charge in [0, 0.05) is 0 Å². The van der Waals surface area contributed by atoms with E-state index >= 15 is 0 Å². The van der Waals surface area contributed by atoms with E-state index < -0.39 is 22.5 Å². The van der Waals surface area contributed by atoms with E-state index in [4.69, 9.17) is 9.47 Å². The van der Waals surface area contributed by atoms with Gasteiger partial charge in [0.05, 0.1) is 23.8 Å². The zero-order valence-electron chi connectivity index (χ0n) is 16.1. The number of esters is 1. The van der Waals surface area contributed by atoms with Crippen LogP contribution in [0.25, 0.3) is 0 Å². The molecule has 6 nitrogen and oxygen atoms in total. The average molecular weight is 391 g/mol. The molecule has 0 saturated heterocycles. The number of hydrogen-bond acceptors (Lipinski definition) is 5. The summed E-state index contributed by atoms with van der Waals surface area (Å²) in [5.41, 5.74) is 2.39. The highest BCUT2D eigenvalue weighted by Gasteiger charge is 2.28. The molecule has 7 heteroatoms. The van der Waals surface area contributed by atoms with Crippen LogP contribution in [-0.2, 0) is 19.6 Å². The van der Waals surface area contributed by atoms with Gasteiger partial charge in [-0.15, -0.1) is 0 Å². The van der Waals surface area contributed by atoms with Crippen LogP contribution in [0.15, 0.2) is 47.4 Å². The third-order valence-electron chi connectivity index (χ3n) is 4.08. The Hall–Kier alpha value is -2.54. The van der Waals surface area contributed by atoms with Crippen molar-refractivity contribution in [2.75, 3.05) is 24.1 Å². The van der Waals surface area contributed by atoms with Gasteiger partial charge >= 0.3 is 5.97 Å². The third kappa shape index (κ3) is 5.01. The largest absolute Gasteiger partial charge is 0.494 e. The molecule has 0 aliphatic heterocycles. The number of carbonyl (C=O) groups excluding carboxylic acids is 1. The van der Waals surface area contributed by atoms with E-state index in [0.717, 1.165) is 15.4 Å². The van der Waals surface area contributed by atoms with Gasteiger partial charge in [-0.25, -0.2) is 8.42 Å². The lowest BCUT2D eigenvalue weighted by molar-refractivity contribution is -0.141. The lowest BCUT2D eigenvalue weighted by atomic mass is 10.1. The molecule has 146 valence electrons. The van der Waals surface area contributed by atoms with E-state index in [1.165, 1.54) is 12.1 Å². The van der Waals surface area contributed by atoms with Crippen LogP contribution in [0.3, 0.4) is 0 Å². The summed E-state index contributed by atoms with van der Waals surface area (Å²) >= 11 is 0. The summed E-state index contributed by atoms with van der Waals surface area (Å²) < 4.78 is 37.8. The third-order valence-corrected chi connectivity index (χ3v) is 5.87. The molecular weight excluding hydrogens is 366 g/mol. The molecule has 0 atom stereocenters. The van der Waals surface area contributed by atoms with Crippen LogP contribution in [0.1, 0.15) is 25.0 Å². The maximum atomic E-state index is 13.2. The smallest absolute Gasteiger partial charge is 0.326 e. The van der Waals surface area contributed by atoms with Crippen LogP contribution >= 0.6 is 0 Å². The molecule has 2 rings (SSSR count). The minimum atomic E-state index is -3.95. The van der Waals surface area contributed by atoms with Crippen LogP contribution in [0.2, 0.25) is 0 Å². The highest BCUT2D eigenvalue weighted by atomic mass is 32.2. The molecule has 2 aromatic rings. The summed E-state index contributed by atoms with van der Waals surface area (Å²) in [6.07, 6.45) is 0. The highest BCUT2D eigenvalue weighted by Crippen LogP contribution is 2.27. The van der Waals surface area contributed by atoms with Crippen LogP contribution < -0.4 is 9.04 Å². The number of rotatable bonds is 8. The van der Waals surface area contributed by atoms with Crippen molar-refractivity contribution in [3.05, 3.63) is 53.6 Å². The monoisotopic (exact) mass is 391 g/mol. The van der Waals surface area contributed by atoms with Gasteiger partial charge in [0.15, 0.2) is 0 Å². The van der Waals surface area contributed by atoms with Gasteiger partial charge in [0.2, 0.25) is 0 Å². The number of carbonyl (C=O) groups is 1. The van der Waals surface area contributed by atoms with E-state index in [9.17, 15) is 13.2 Å². The van der Waals surface area contributed by atoms with E-state index in [1.807, 2.05) is 26.8 Å².